The summed E-state index contributed by atoms with van der Waals surface area (Å²) in [7, 11) is 3.85. The number of anilines is 3. The molecule has 0 saturated carbocycles. The molecule has 5 heterocycles. The minimum Gasteiger partial charge on any atom is -0.495 e. The Labute approximate surface area is 237 Å². The highest BCUT2D eigenvalue weighted by Gasteiger charge is 2.46. The quantitative estimate of drug-likeness (QED) is 0.327. The number of ether oxygens (including phenoxy) is 1. The maximum absolute atomic E-state index is 13.3. The van der Waals surface area contributed by atoms with Gasteiger partial charge in [0.2, 0.25) is 5.95 Å². The first-order valence-electron chi connectivity index (χ1n) is 13.8. The van der Waals surface area contributed by atoms with Crippen LogP contribution in [0.4, 0.5) is 17.3 Å². The maximum Gasteiger partial charge on any atom is 0.278 e. The number of benzene rings is 1. The summed E-state index contributed by atoms with van der Waals surface area (Å²) >= 11 is 0. The molecule has 4 aromatic rings. The first kappa shape index (κ1) is 26.8. The van der Waals surface area contributed by atoms with E-state index in [4.69, 9.17) is 9.72 Å². The van der Waals surface area contributed by atoms with Gasteiger partial charge in [0.1, 0.15) is 11.1 Å². The van der Waals surface area contributed by atoms with E-state index in [2.05, 4.69) is 44.9 Å². The number of nitrogens with zero attached hydrogens (tertiary/aromatic N) is 8. The standard InChI is InChI=1S/C29H35N9O3/c1-6-12-36-27(40)21-15-30-28(32-26(21)38(36)24-9-10-25(39)37(33-24)19(2)3)31-20-7-8-22(23(14-20)41-5)35-13-11-29(18-35)16-34(4)17-29/h6-10,14-15,19H,1,11-13,16-18H2,2-5H3,(H,30,31,32). The third-order valence-electron chi connectivity index (χ3n) is 7.92. The van der Waals surface area contributed by atoms with Crippen molar-refractivity contribution in [3.05, 3.63) is 69.9 Å². The van der Waals surface area contributed by atoms with Crippen LogP contribution < -0.4 is 26.1 Å². The van der Waals surface area contributed by atoms with Gasteiger partial charge in [-0.3, -0.25) is 9.59 Å². The first-order chi connectivity index (χ1) is 19.7. The van der Waals surface area contributed by atoms with Gasteiger partial charge in [-0.15, -0.1) is 11.7 Å². The van der Waals surface area contributed by atoms with E-state index in [1.165, 1.54) is 28.0 Å². The Balaban J connectivity index is 1.35. The van der Waals surface area contributed by atoms with Gasteiger partial charge in [-0.05, 0) is 45.5 Å². The molecule has 0 radical (unpaired) electrons. The van der Waals surface area contributed by atoms with Crippen LogP contribution >= 0.6 is 0 Å². The van der Waals surface area contributed by atoms with Crippen molar-refractivity contribution in [2.24, 2.45) is 5.41 Å². The van der Waals surface area contributed by atoms with E-state index in [9.17, 15) is 9.59 Å². The number of likely N-dealkylation sites (tertiary alicyclic amines) is 1. The van der Waals surface area contributed by atoms with Crippen molar-refractivity contribution in [3.8, 4) is 11.6 Å². The Kier molecular flexibility index (Phi) is 6.65. The predicted molar refractivity (Wildman–Crippen MR) is 159 cm³/mol. The summed E-state index contributed by atoms with van der Waals surface area (Å²) in [4.78, 5) is 39.5. The van der Waals surface area contributed by atoms with Crippen molar-refractivity contribution in [3.63, 3.8) is 0 Å². The van der Waals surface area contributed by atoms with Gasteiger partial charge in [-0.2, -0.15) is 4.98 Å². The predicted octanol–water partition coefficient (Wildman–Crippen LogP) is 2.80. The summed E-state index contributed by atoms with van der Waals surface area (Å²) in [6.45, 7) is 12.1. The number of rotatable bonds is 8. The van der Waals surface area contributed by atoms with Crippen molar-refractivity contribution in [1.82, 2.24) is 34.0 Å². The molecule has 0 unspecified atom stereocenters. The average Bonchev–Trinajstić information content (AvgIpc) is 3.48. The van der Waals surface area contributed by atoms with Gasteiger partial charge in [0.15, 0.2) is 11.5 Å². The third kappa shape index (κ3) is 4.67. The molecule has 12 heteroatoms. The van der Waals surface area contributed by atoms with Gasteiger partial charge in [0.05, 0.1) is 25.4 Å². The molecule has 2 saturated heterocycles. The number of hydrogen-bond donors (Lipinski definition) is 1. The summed E-state index contributed by atoms with van der Waals surface area (Å²) in [5.74, 6) is 1.48. The van der Waals surface area contributed by atoms with Gasteiger partial charge in [0.25, 0.3) is 11.1 Å². The Morgan fingerprint density at radius 1 is 1.17 bits per heavy atom. The second-order valence-corrected chi connectivity index (χ2v) is 11.3. The van der Waals surface area contributed by atoms with Crippen LogP contribution in [0.5, 0.6) is 5.75 Å². The molecular weight excluding hydrogens is 522 g/mol. The van der Waals surface area contributed by atoms with Crippen molar-refractivity contribution in [2.75, 3.05) is 50.6 Å². The Morgan fingerprint density at radius 3 is 2.68 bits per heavy atom. The normalized spacial score (nSPS) is 16.5. The highest BCUT2D eigenvalue weighted by Crippen LogP contribution is 2.43. The molecule has 6 rings (SSSR count). The van der Waals surface area contributed by atoms with Crippen LogP contribution in [0.3, 0.4) is 0 Å². The number of allylic oxidation sites excluding steroid dienone is 1. The molecule has 41 heavy (non-hydrogen) atoms. The summed E-state index contributed by atoms with van der Waals surface area (Å²) in [6.07, 6.45) is 4.32. The minimum atomic E-state index is -0.275. The van der Waals surface area contributed by atoms with Gasteiger partial charge in [0, 0.05) is 55.6 Å². The van der Waals surface area contributed by atoms with Crippen LogP contribution in [0, 0.1) is 5.41 Å². The molecule has 2 aliphatic heterocycles. The smallest absolute Gasteiger partial charge is 0.278 e. The van der Waals surface area contributed by atoms with Gasteiger partial charge >= 0.3 is 0 Å². The van der Waals surface area contributed by atoms with E-state index in [1.807, 2.05) is 26.0 Å². The fourth-order valence-electron chi connectivity index (χ4n) is 6.15. The first-order valence-corrected chi connectivity index (χ1v) is 13.8. The molecule has 0 amide bonds. The van der Waals surface area contributed by atoms with Crippen LogP contribution in [0.2, 0.25) is 0 Å². The van der Waals surface area contributed by atoms with Crippen molar-refractivity contribution in [2.45, 2.75) is 32.9 Å². The molecule has 1 N–H and O–H groups in total. The van der Waals surface area contributed by atoms with E-state index in [1.54, 1.807) is 23.9 Å². The molecule has 12 nitrogen and oxygen atoms in total. The zero-order chi connectivity index (χ0) is 28.9. The van der Waals surface area contributed by atoms with Crippen LogP contribution in [-0.4, -0.2) is 74.3 Å². The molecule has 0 atom stereocenters. The SMILES string of the molecule is C=CCn1c(=O)c2cnc(Nc3ccc(N4CCC5(CN(C)C5)C4)c(OC)c3)nc2n1-c1ccc(=O)n(C(C)C)n1. The molecule has 2 fully saturated rings. The highest BCUT2D eigenvalue weighted by atomic mass is 16.5. The van der Waals surface area contributed by atoms with Crippen molar-refractivity contribution in [1.29, 1.82) is 0 Å². The van der Waals surface area contributed by atoms with Crippen LogP contribution in [0.1, 0.15) is 26.3 Å². The third-order valence-corrected chi connectivity index (χ3v) is 7.92. The lowest BCUT2D eigenvalue weighted by atomic mass is 9.79. The molecule has 214 valence electrons. The van der Waals surface area contributed by atoms with E-state index >= 15 is 0 Å². The van der Waals surface area contributed by atoms with Gasteiger partial charge in [-0.1, -0.05) is 6.08 Å². The number of hydrogen-bond acceptors (Lipinski definition) is 9. The van der Waals surface area contributed by atoms with Crippen LogP contribution in [-0.2, 0) is 6.54 Å². The van der Waals surface area contributed by atoms with Gasteiger partial charge < -0.3 is 19.9 Å². The lowest BCUT2D eigenvalue weighted by Crippen LogP contribution is -2.55. The molecule has 2 aliphatic rings. The second-order valence-electron chi connectivity index (χ2n) is 11.3. The molecule has 0 bridgehead atoms. The molecule has 1 aromatic carbocycles. The van der Waals surface area contributed by atoms with E-state index in [-0.39, 0.29) is 23.7 Å². The summed E-state index contributed by atoms with van der Waals surface area (Å²) in [6, 6.07) is 8.86. The lowest BCUT2D eigenvalue weighted by molar-refractivity contribution is 0.0424. The fourth-order valence-corrected chi connectivity index (χ4v) is 6.15. The molecular formula is C29H35N9O3. The zero-order valence-electron chi connectivity index (χ0n) is 23.9. The van der Waals surface area contributed by atoms with E-state index in [0.717, 1.165) is 43.3 Å². The number of aromatic nitrogens is 6. The molecule has 0 aliphatic carbocycles. The number of methoxy groups -OCH3 is 1. The zero-order valence-corrected chi connectivity index (χ0v) is 23.9. The Hall–Kier alpha value is -4.45. The summed E-state index contributed by atoms with van der Waals surface area (Å²) in [5, 5.41) is 8.12. The van der Waals surface area contributed by atoms with E-state index in [0.29, 0.717) is 28.2 Å². The van der Waals surface area contributed by atoms with Gasteiger partial charge in [-0.25, -0.2) is 19.0 Å². The Bertz CT molecular complexity index is 1750. The van der Waals surface area contributed by atoms with Crippen LogP contribution in [0.15, 0.2) is 58.8 Å². The minimum absolute atomic E-state index is 0.158. The highest BCUT2D eigenvalue weighted by molar-refractivity contribution is 5.77. The molecule has 3 aromatic heterocycles. The van der Waals surface area contributed by atoms with Crippen molar-refractivity contribution < 1.29 is 4.74 Å². The topological polar surface area (TPSA) is 115 Å². The number of nitrogens with one attached hydrogen (secondary N) is 1. The summed E-state index contributed by atoms with van der Waals surface area (Å²) < 4.78 is 10.2. The maximum atomic E-state index is 13.3. The Morgan fingerprint density at radius 2 is 1.98 bits per heavy atom. The fraction of sp³-hybridized carbons (Fsp3) is 0.414. The van der Waals surface area contributed by atoms with E-state index < -0.39 is 0 Å². The second kappa shape index (κ2) is 10.2. The van der Waals surface area contributed by atoms with Crippen LogP contribution in [0.25, 0.3) is 16.9 Å². The lowest BCUT2D eigenvalue weighted by Gasteiger charge is -2.46. The largest absolute Gasteiger partial charge is 0.495 e. The van der Waals surface area contributed by atoms with Crippen molar-refractivity contribution >= 4 is 28.4 Å². The molecule has 1 spiro atoms. The average molecular weight is 558 g/mol. The monoisotopic (exact) mass is 557 g/mol. The summed E-state index contributed by atoms with van der Waals surface area (Å²) in [5.41, 5.74) is 2.08. The number of fused-ring (bicyclic) bond motifs is 1.